The second kappa shape index (κ2) is 20.8. The fraction of sp³-hybridized carbons (Fsp3) is 0.400. The van der Waals surface area contributed by atoms with Gasteiger partial charge < -0.3 is 50.6 Å². The van der Waals surface area contributed by atoms with Crippen LogP contribution in [0.4, 0.5) is 30.1 Å². The Morgan fingerprint density at radius 2 is 1.62 bits per heavy atom. The molecule has 0 spiro atoms. The molecule has 5 aromatic rings. The standard InChI is InChI=1S/C45H55FN10O8/c1-5-53-25-34(41(58)59)39(57)33-22-35(46)38(23-37(33)53)54-18-20-55(21-19-54)44(62)64-28-30-13-15-31(16-14-30)49-24-32(12-9-17-48-42(47)60)56-26-36(51-52-56)40(45(2,3)4)50-43(61)63-27-29-10-7-6-8-11-29/h6-8,10-11,13-16,22-23,25-26,32,40,49H,5,9,12,17-21,24,27-28H2,1-4H3,(H,50,61)(H,58,59)(H3,47,48,60)/t32-,40-/m1/s1. The number of hydrogen-bond acceptors (Lipinski definition) is 11. The number of urea groups is 1. The first-order chi connectivity index (χ1) is 30.6. The summed E-state index contributed by atoms with van der Waals surface area (Å²) in [7, 11) is 0. The Hall–Kier alpha value is -7.18. The largest absolute Gasteiger partial charge is 0.477 e. The molecule has 64 heavy (non-hydrogen) atoms. The van der Waals surface area contributed by atoms with E-state index in [1.165, 1.54) is 6.20 Å². The number of aromatic carboxylic acids is 1. The fourth-order valence-corrected chi connectivity index (χ4v) is 7.47. The molecule has 0 aliphatic carbocycles. The maximum Gasteiger partial charge on any atom is 0.410 e. The Kier molecular flexibility index (Phi) is 15.1. The number of carboxylic acids is 1. The monoisotopic (exact) mass is 882 g/mol. The minimum atomic E-state index is -1.37. The minimum Gasteiger partial charge on any atom is -0.477 e. The predicted molar refractivity (Wildman–Crippen MR) is 238 cm³/mol. The van der Waals surface area contributed by atoms with Crippen molar-refractivity contribution in [2.24, 2.45) is 11.1 Å². The molecule has 0 saturated carbocycles. The van der Waals surface area contributed by atoms with E-state index in [4.69, 9.17) is 15.2 Å². The number of aryl methyl sites for hydroxylation is 1. The number of benzene rings is 3. The van der Waals surface area contributed by atoms with Gasteiger partial charge in [0.05, 0.1) is 29.5 Å². The molecule has 0 radical (unpaired) electrons. The molecule has 1 aliphatic rings. The SMILES string of the molecule is CCn1cc(C(=O)O)c(=O)c2cc(F)c(N3CCN(C(=O)OCc4ccc(NC[C@@H](CCCNC(N)=O)n5cc([C@@H](NC(=O)OCc6ccccc6)C(C)(C)C)nn5)cc4)CC3)cc21. The summed E-state index contributed by atoms with van der Waals surface area (Å²) < 4.78 is 29.9. The van der Waals surface area contributed by atoms with Crippen molar-refractivity contribution in [3.8, 4) is 0 Å². The van der Waals surface area contributed by atoms with Crippen LogP contribution in [0.1, 0.15) is 79.8 Å². The highest BCUT2D eigenvalue weighted by Crippen LogP contribution is 2.32. The molecule has 18 nitrogen and oxygen atoms in total. The summed E-state index contributed by atoms with van der Waals surface area (Å²) in [5.74, 6) is -2.02. The van der Waals surface area contributed by atoms with E-state index in [0.717, 1.165) is 22.9 Å². The number of ether oxygens (including phenoxy) is 2. The lowest BCUT2D eigenvalue weighted by Gasteiger charge is -2.35. The maximum atomic E-state index is 15.4. The molecule has 1 fully saturated rings. The van der Waals surface area contributed by atoms with Gasteiger partial charge in [-0.1, -0.05) is 68.4 Å². The number of nitrogens with one attached hydrogen (secondary N) is 3. The van der Waals surface area contributed by atoms with Crippen molar-refractivity contribution in [1.29, 1.82) is 0 Å². The topological polar surface area (TPSA) is 228 Å². The fourth-order valence-electron chi connectivity index (χ4n) is 7.47. The van der Waals surface area contributed by atoms with Crippen LogP contribution in [0, 0.1) is 11.2 Å². The van der Waals surface area contributed by atoms with Gasteiger partial charge in [-0.25, -0.2) is 28.3 Å². The number of carboxylic acid groups (broad SMARTS) is 1. The molecule has 6 N–H and O–H groups in total. The number of aromatic nitrogens is 4. The Morgan fingerprint density at radius 1 is 0.938 bits per heavy atom. The molecule has 0 unspecified atom stereocenters. The number of carbonyl (C=O) groups is 4. The van der Waals surface area contributed by atoms with Gasteiger partial charge in [-0.2, -0.15) is 0 Å². The molecule has 1 aliphatic heterocycles. The molecular formula is C45H55FN10O8. The summed E-state index contributed by atoms with van der Waals surface area (Å²) in [6.45, 7) is 10.3. The van der Waals surface area contributed by atoms with Crippen molar-refractivity contribution in [2.75, 3.05) is 49.5 Å². The van der Waals surface area contributed by atoms with Crippen molar-refractivity contribution < 1.29 is 38.1 Å². The van der Waals surface area contributed by atoms with Gasteiger partial charge in [-0.05, 0) is 60.6 Å². The van der Waals surface area contributed by atoms with Crippen LogP contribution in [0.3, 0.4) is 0 Å². The third-order valence-corrected chi connectivity index (χ3v) is 11.0. The molecule has 4 amide bonds. The lowest BCUT2D eigenvalue weighted by molar-refractivity contribution is 0.0694. The van der Waals surface area contributed by atoms with E-state index in [1.807, 2.05) is 81.6 Å². The third-order valence-electron chi connectivity index (χ3n) is 11.0. The summed E-state index contributed by atoms with van der Waals surface area (Å²) in [6.07, 6.45) is 3.22. The Balaban J connectivity index is 1.02. The first-order valence-corrected chi connectivity index (χ1v) is 21.1. The quantitative estimate of drug-likeness (QED) is 0.0676. The maximum absolute atomic E-state index is 15.4. The molecule has 3 heterocycles. The van der Waals surface area contributed by atoms with Crippen LogP contribution in [-0.2, 0) is 29.2 Å². The number of carbonyl (C=O) groups excluding carboxylic acids is 3. The van der Waals surface area contributed by atoms with Gasteiger partial charge >= 0.3 is 24.2 Å². The second-order valence-corrected chi connectivity index (χ2v) is 16.6. The van der Waals surface area contributed by atoms with E-state index in [-0.39, 0.29) is 43.4 Å². The summed E-state index contributed by atoms with van der Waals surface area (Å²) in [5, 5.41) is 27.4. The van der Waals surface area contributed by atoms with Gasteiger partial charge in [0.2, 0.25) is 5.43 Å². The average Bonchev–Trinajstić information content (AvgIpc) is 3.76. The first-order valence-electron chi connectivity index (χ1n) is 21.1. The number of primary amides is 1. The highest BCUT2D eigenvalue weighted by molar-refractivity contribution is 5.93. The van der Waals surface area contributed by atoms with E-state index in [2.05, 4.69) is 26.3 Å². The number of fused-ring (bicyclic) bond motifs is 1. The Bertz CT molecular complexity index is 2480. The van der Waals surface area contributed by atoms with Crippen molar-refractivity contribution >= 4 is 46.5 Å². The van der Waals surface area contributed by atoms with E-state index in [0.29, 0.717) is 56.8 Å². The molecule has 340 valence electrons. The molecule has 2 atom stereocenters. The summed E-state index contributed by atoms with van der Waals surface area (Å²) in [4.78, 5) is 65.0. The lowest BCUT2D eigenvalue weighted by atomic mass is 9.85. The zero-order valence-corrected chi connectivity index (χ0v) is 36.4. The van der Waals surface area contributed by atoms with Crippen molar-refractivity contribution in [3.63, 3.8) is 0 Å². The normalized spacial score (nSPS) is 13.8. The molecule has 19 heteroatoms. The second-order valence-electron chi connectivity index (χ2n) is 16.6. The Labute approximate surface area is 369 Å². The van der Waals surface area contributed by atoms with E-state index in [9.17, 15) is 29.1 Å². The molecule has 2 aromatic heterocycles. The van der Waals surface area contributed by atoms with Crippen LogP contribution in [0.5, 0.6) is 0 Å². The number of piperazine rings is 1. The number of nitrogens with two attached hydrogens (primary N) is 1. The lowest BCUT2D eigenvalue weighted by Crippen LogP contribution is -2.49. The number of rotatable bonds is 17. The van der Waals surface area contributed by atoms with Gasteiger partial charge in [0.25, 0.3) is 0 Å². The number of halogens is 1. The van der Waals surface area contributed by atoms with Crippen LogP contribution in [-0.4, -0.2) is 93.0 Å². The van der Waals surface area contributed by atoms with E-state index in [1.54, 1.807) is 32.0 Å². The number of nitrogens with zero attached hydrogens (tertiary/aromatic N) is 6. The van der Waals surface area contributed by atoms with E-state index < -0.39 is 52.5 Å². The summed E-state index contributed by atoms with van der Waals surface area (Å²) >= 11 is 0. The molecule has 0 bridgehead atoms. The average molecular weight is 883 g/mol. The van der Waals surface area contributed by atoms with Gasteiger partial charge in [0.15, 0.2) is 0 Å². The van der Waals surface area contributed by atoms with Gasteiger partial charge in [-0.15, -0.1) is 5.10 Å². The predicted octanol–water partition coefficient (Wildman–Crippen LogP) is 6.02. The van der Waals surface area contributed by atoms with Crippen molar-refractivity contribution in [3.05, 3.63) is 118 Å². The number of amides is 4. The number of anilines is 2. The molecule has 3 aromatic carbocycles. The first kappa shape index (κ1) is 46.3. The molecular weight excluding hydrogens is 828 g/mol. The smallest absolute Gasteiger partial charge is 0.410 e. The minimum absolute atomic E-state index is 0.00831. The van der Waals surface area contributed by atoms with Crippen LogP contribution < -0.4 is 32.0 Å². The van der Waals surface area contributed by atoms with Crippen LogP contribution >= 0.6 is 0 Å². The van der Waals surface area contributed by atoms with Gasteiger partial charge in [0, 0.05) is 63.1 Å². The molecule has 1 saturated heterocycles. The van der Waals surface area contributed by atoms with Crippen LogP contribution in [0.25, 0.3) is 10.9 Å². The Morgan fingerprint density at radius 3 is 2.28 bits per heavy atom. The van der Waals surface area contributed by atoms with Gasteiger partial charge in [0.1, 0.15) is 30.3 Å². The summed E-state index contributed by atoms with van der Waals surface area (Å²) in [5.41, 5.74) is 7.37. The van der Waals surface area contributed by atoms with Crippen molar-refractivity contribution in [1.82, 2.24) is 35.1 Å². The number of hydrogen-bond donors (Lipinski definition) is 5. The zero-order valence-electron chi connectivity index (χ0n) is 36.4. The highest BCUT2D eigenvalue weighted by Gasteiger charge is 2.32. The third kappa shape index (κ3) is 11.8. The molecule has 6 rings (SSSR count). The number of alkyl carbamates (subject to hydrolysis) is 1. The van der Waals surface area contributed by atoms with Crippen LogP contribution in [0.2, 0.25) is 0 Å². The zero-order chi connectivity index (χ0) is 46.0. The number of pyridine rings is 1. The van der Waals surface area contributed by atoms with Gasteiger partial charge in [-0.3, -0.25) is 4.79 Å². The van der Waals surface area contributed by atoms with Crippen LogP contribution in [0.15, 0.2) is 83.9 Å². The van der Waals surface area contributed by atoms with Crippen molar-refractivity contribution in [2.45, 2.75) is 72.4 Å². The van der Waals surface area contributed by atoms with E-state index >= 15 is 4.39 Å². The highest BCUT2D eigenvalue weighted by atomic mass is 19.1. The summed E-state index contributed by atoms with van der Waals surface area (Å²) in [6, 6.07) is 18.2.